The van der Waals surface area contributed by atoms with E-state index >= 15 is 0 Å². The standard InChI is InChI=1S/C17H26ClNO2/c1-12(2)21-16-14(9-13(18)10-15(16)20-3)17(11-19)7-5-4-6-8-17/h9-10,12H,4-8,11,19H2,1-3H3. The first-order chi connectivity index (χ1) is 10.0. The van der Waals surface area contributed by atoms with Gasteiger partial charge in [-0.3, -0.25) is 0 Å². The smallest absolute Gasteiger partial charge is 0.165 e. The van der Waals surface area contributed by atoms with Crippen molar-refractivity contribution in [3.8, 4) is 11.5 Å². The molecule has 0 aliphatic heterocycles. The van der Waals surface area contributed by atoms with Gasteiger partial charge in [0.05, 0.1) is 13.2 Å². The van der Waals surface area contributed by atoms with Crippen LogP contribution in [0, 0.1) is 0 Å². The van der Waals surface area contributed by atoms with Crippen LogP contribution in [0.4, 0.5) is 0 Å². The van der Waals surface area contributed by atoms with Crippen molar-refractivity contribution < 1.29 is 9.47 Å². The van der Waals surface area contributed by atoms with Crippen LogP contribution in [-0.2, 0) is 5.41 Å². The average molecular weight is 312 g/mol. The van der Waals surface area contributed by atoms with Crippen LogP contribution >= 0.6 is 11.6 Å². The van der Waals surface area contributed by atoms with Crippen LogP contribution in [0.2, 0.25) is 5.02 Å². The molecule has 2 N–H and O–H groups in total. The lowest BCUT2D eigenvalue weighted by atomic mass is 9.69. The molecular weight excluding hydrogens is 286 g/mol. The van der Waals surface area contributed by atoms with Crippen LogP contribution in [0.5, 0.6) is 11.5 Å². The Morgan fingerprint density at radius 1 is 1.24 bits per heavy atom. The first-order valence-corrected chi connectivity index (χ1v) is 8.15. The fraction of sp³-hybridized carbons (Fsp3) is 0.647. The maximum atomic E-state index is 6.30. The molecule has 2 rings (SSSR count). The van der Waals surface area contributed by atoms with Crippen LogP contribution in [-0.4, -0.2) is 19.8 Å². The Morgan fingerprint density at radius 2 is 1.90 bits per heavy atom. The minimum Gasteiger partial charge on any atom is -0.493 e. The third-order valence-corrected chi connectivity index (χ3v) is 4.58. The van der Waals surface area contributed by atoms with E-state index in [1.165, 1.54) is 19.3 Å². The molecule has 1 aromatic carbocycles. The predicted octanol–water partition coefficient (Wildman–Crippen LogP) is 4.30. The molecule has 0 amide bonds. The normalized spacial score (nSPS) is 17.8. The Labute approximate surface area is 132 Å². The zero-order valence-electron chi connectivity index (χ0n) is 13.2. The monoisotopic (exact) mass is 311 g/mol. The molecule has 118 valence electrons. The van der Waals surface area contributed by atoms with Crippen molar-refractivity contribution in [2.24, 2.45) is 5.73 Å². The van der Waals surface area contributed by atoms with Gasteiger partial charge in [0.2, 0.25) is 0 Å². The van der Waals surface area contributed by atoms with Crippen LogP contribution in [0.1, 0.15) is 51.5 Å². The molecule has 0 heterocycles. The molecule has 1 fully saturated rings. The molecule has 1 aliphatic carbocycles. The molecule has 0 radical (unpaired) electrons. The van der Waals surface area contributed by atoms with Gasteiger partial charge in [0, 0.05) is 28.6 Å². The summed E-state index contributed by atoms with van der Waals surface area (Å²) >= 11 is 6.30. The average Bonchev–Trinajstić information content (AvgIpc) is 2.48. The lowest BCUT2D eigenvalue weighted by Gasteiger charge is -2.38. The molecule has 0 bridgehead atoms. The zero-order chi connectivity index (χ0) is 15.5. The summed E-state index contributed by atoms with van der Waals surface area (Å²) in [5.41, 5.74) is 7.24. The molecule has 1 aliphatic rings. The summed E-state index contributed by atoms with van der Waals surface area (Å²) in [5.74, 6) is 1.51. The Morgan fingerprint density at radius 3 is 2.43 bits per heavy atom. The fourth-order valence-corrected chi connectivity index (χ4v) is 3.49. The molecule has 0 atom stereocenters. The summed E-state index contributed by atoms with van der Waals surface area (Å²) in [5, 5.41) is 0.677. The van der Waals surface area contributed by atoms with Gasteiger partial charge in [-0.1, -0.05) is 30.9 Å². The van der Waals surface area contributed by atoms with E-state index in [9.17, 15) is 0 Å². The molecule has 1 aromatic rings. The van der Waals surface area contributed by atoms with Crippen LogP contribution in [0.25, 0.3) is 0 Å². The number of hydrogen-bond acceptors (Lipinski definition) is 3. The number of rotatable bonds is 5. The summed E-state index contributed by atoms with van der Waals surface area (Å²) in [4.78, 5) is 0. The Kier molecular flexibility index (Phi) is 5.39. The van der Waals surface area contributed by atoms with Crippen molar-refractivity contribution in [2.45, 2.75) is 57.5 Å². The molecule has 21 heavy (non-hydrogen) atoms. The summed E-state index contributed by atoms with van der Waals surface area (Å²) in [6.07, 6.45) is 5.93. The van der Waals surface area contributed by atoms with E-state index in [0.29, 0.717) is 17.3 Å². The zero-order valence-corrected chi connectivity index (χ0v) is 14.0. The van der Waals surface area contributed by atoms with Gasteiger partial charge in [-0.05, 0) is 32.8 Å². The van der Waals surface area contributed by atoms with Crippen molar-refractivity contribution in [1.29, 1.82) is 0 Å². The lowest BCUT2D eigenvalue weighted by molar-refractivity contribution is 0.214. The van der Waals surface area contributed by atoms with Gasteiger partial charge >= 0.3 is 0 Å². The third-order valence-electron chi connectivity index (χ3n) is 4.37. The fourth-order valence-electron chi connectivity index (χ4n) is 3.28. The number of hydrogen-bond donors (Lipinski definition) is 1. The van der Waals surface area contributed by atoms with E-state index in [1.54, 1.807) is 7.11 Å². The van der Waals surface area contributed by atoms with Gasteiger partial charge < -0.3 is 15.2 Å². The molecule has 3 nitrogen and oxygen atoms in total. The first kappa shape index (κ1) is 16.4. The van der Waals surface area contributed by atoms with E-state index in [1.807, 2.05) is 26.0 Å². The highest BCUT2D eigenvalue weighted by molar-refractivity contribution is 6.30. The number of halogens is 1. The molecule has 4 heteroatoms. The SMILES string of the molecule is COc1cc(Cl)cc(C2(CN)CCCCC2)c1OC(C)C. The number of nitrogens with two attached hydrogens (primary N) is 1. The van der Waals surface area contributed by atoms with Gasteiger partial charge in [0.15, 0.2) is 11.5 Å². The molecule has 0 aromatic heterocycles. The lowest BCUT2D eigenvalue weighted by Crippen LogP contribution is -2.37. The van der Waals surface area contributed by atoms with Crippen molar-refractivity contribution in [2.75, 3.05) is 13.7 Å². The third kappa shape index (κ3) is 3.46. The second-order valence-electron chi connectivity index (χ2n) is 6.20. The molecular formula is C17H26ClNO2. The highest BCUT2D eigenvalue weighted by Gasteiger charge is 2.36. The second kappa shape index (κ2) is 6.89. The maximum Gasteiger partial charge on any atom is 0.165 e. The van der Waals surface area contributed by atoms with E-state index < -0.39 is 0 Å². The minimum atomic E-state index is -0.0410. The van der Waals surface area contributed by atoms with Gasteiger partial charge in [0.25, 0.3) is 0 Å². The van der Waals surface area contributed by atoms with E-state index in [4.69, 9.17) is 26.8 Å². The molecule has 0 spiro atoms. The van der Waals surface area contributed by atoms with Crippen molar-refractivity contribution in [1.82, 2.24) is 0 Å². The van der Waals surface area contributed by atoms with Gasteiger partial charge in [-0.2, -0.15) is 0 Å². The number of ether oxygens (including phenoxy) is 2. The Hall–Kier alpha value is -0.930. The summed E-state index contributed by atoms with van der Waals surface area (Å²) in [6.45, 7) is 4.66. The Balaban J connectivity index is 2.56. The van der Waals surface area contributed by atoms with Crippen LogP contribution in [0.15, 0.2) is 12.1 Å². The molecule has 0 unspecified atom stereocenters. The van der Waals surface area contributed by atoms with Gasteiger partial charge in [-0.15, -0.1) is 0 Å². The molecule has 1 saturated carbocycles. The quantitative estimate of drug-likeness (QED) is 0.882. The second-order valence-corrected chi connectivity index (χ2v) is 6.63. The van der Waals surface area contributed by atoms with Crippen LogP contribution in [0.3, 0.4) is 0 Å². The van der Waals surface area contributed by atoms with Gasteiger partial charge in [-0.25, -0.2) is 0 Å². The van der Waals surface area contributed by atoms with E-state index in [0.717, 1.165) is 24.2 Å². The highest BCUT2D eigenvalue weighted by atomic mass is 35.5. The predicted molar refractivity (Wildman–Crippen MR) is 87.6 cm³/mol. The topological polar surface area (TPSA) is 44.5 Å². The summed E-state index contributed by atoms with van der Waals surface area (Å²) in [7, 11) is 1.65. The van der Waals surface area contributed by atoms with Gasteiger partial charge in [0.1, 0.15) is 0 Å². The number of methoxy groups -OCH3 is 1. The summed E-state index contributed by atoms with van der Waals surface area (Å²) < 4.78 is 11.6. The number of benzene rings is 1. The molecule has 0 saturated heterocycles. The summed E-state index contributed by atoms with van der Waals surface area (Å²) in [6, 6.07) is 3.83. The highest BCUT2D eigenvalue weighted by Crippen LogP contribution is 2.47. The van der Waals surface area contributed by atoms with E-state index in [-0.39, 0.29) is 11.5 Å². The van der Waals surface area contributed by atoms with Crippen molar-refractivity contribution in [3.05, 3.63) is 22.7 Å². The van der Waals surface area contributed by atoms with Crippen molar-refractivity contribution >= 4 is 11.6 Å². The maximum absolute atomic E-state index is 6.30. The van der Waals surface area contributed by atoms with Crippen LogP contribution < -0.4 is 15.2 Å². The Bertz CT molecular complexity index is 482. The van der Waals surface area contributed by atoms with E-state index in [2.05, 4.69) is 0 Å². The van der Waals surface area contributed by atoms with Crippen molar-refractivity contribution in [3.63, 3.8) is 0 Å². The first-order valence-electron chi connectivity index (χ1n) is 7.77. The largest absolute Gasteiger partial charge is 0.493 e. The minimum absolute atomic E-state index is 0.0410.